The second kappa shape index (κ2) is 12.2. The molecule has 4 aromatic rings. The fourth-order valence-corrected chi connectivity index (χ4v) is 5.21. The summed E-state index contributed by atoms with van der Waals surface area (Å²) in [5, 5.41) is 2.89. The van der Waals surface area contributed by atoms with E-state index in [4.69, 9.17) is 11.5 Å². The summed E-state index contributed by atoms with van der Waals surface area (Å²) in [5.41, 5.74) is 15.6. The van der Waals surface area contributed by atoms with Gasteiger partial charge in [-0.25, -0.2) is 4.39 Å². The molecule has 212 valence electrons. The number of primary amides is 1. The first-order valence-corrected chi connectivity index (χ1v) is 13.5. The number of rotatable bonds is 9. The summed E-state index contributed by atoms with van der Waals surface area (Å²) in [7, 11) is 3.80. The molecule has 0 saturated heterocycles. The van der Waals surface area contributed by atoms with Gasteiger partial charge in [-0.2, -0.15) is 4.37 Å². The molecule has 3 aromatic carbocycles. The van der Waals surface area contributed by atoms with Crippen LogP contribution in [-0.4, -0.2) is 36.2 Å². The quantitative estimate of drug-likeness (QED) is 0.272. The zero-order chi connectivity index (χ0) is 29.8. The standard InChI is InChI=1S/C30H31FN6O3S/c1-17-13-18(2)15-23(14-17)37(30(40)27-24(32)25(28(33)38)35-41-27)26(20-7-11-22(12-8-20)36(3)4)29(39)34-16-19-5-9-21(31)10-6-19/h5-15,26H,16,32H2,1-4H3,(H2,33,38)(H,34,39)/t26-/m1/s1. The smallest absolute Gasteiger partial charge is 0.273 e. The SMILES string of the molecule is Cc1cc(C)cc(N(C(=O)c2snc(C(N)=O)c2N)[C@@H](C(=O)NCc2ccc(F)cc2)c2ccc(N(C)C)cc2)c1. The van der Waals surface area contributed by atoms with Gasteiger partial charge in [0.2, 0.25) is 5.91 Å². The lowest BCUT2D eigenvalue weighted by Gasteiger charge is -2.32. The summed E-state index contributed by atoms with van der Waals surface area (Å²) in [5.74, 6) is -2.33. The number of nitrogen functional groups attached to an aromatic ring is 1. The highest BCUT2D eigenvalue weighted by molar-refractivity contribution is 7.09. The molecule has 0 spiro atoms. The van der Waals surface area contributed by atoms with E-state index in [1.165, 1.54) is 17.0 Å². The molecular formula is C30H31FN6O3S. The van der Waals surface area contributed by atoms with Crippen LogP contribution in [0, 0.1) is 19.7 Å². The van der Waals surface area contributed by atoms with E-state index in [9.17, 15) is 18.8 Å². The van der Waals surface area contributed by atoms with Gasteiger partial charge >= 0.3 is 0 Å². The Balaban J connectivity index is 1.86. The zero-order valence-corrected chi connectivity index (χ0v) is 24.0. The lowest BCUT2D eigenvalue weighted by Crippen LogP contribution is -2.44. The first kappa shape index (κ1) is 29.2. The van der Waals surface area contributed by atoms with Crippen LogP contribution >= 0.6 is 11.5 Å². The Morgan fingerprint density at radius 2 is 1.56 bits per heavy atom. The lowest BCUT2D eigenvalue weighted by atomic mass is 10.0. The number of carbonyl (C=O) groups excluding carboxylic acids is 3. The van der Waals surface area contributed by atoms with E-state index >= 15 is 0 Å². The monoisotopic (exact) mass is 574 g/mol. The predicted octanol–water partition coefficient (Wildman–Crippen LogP) is 4.35. The molecular weight excluding hydrogens is 543 g/mol. The van der Waals surface area contributed by atoms with Gasteiger partial charge in [-0.1, -0.05) is 30.3 Å². The summed E-state index contributed by atoms with van der Waals surface area (Å²) >= 11 is 0.745. The number of benzene rings is 3. The number of hydrogen-bond donors (Lipinski definition) is 3. The van der Waals surface area contributed by atoms with Crippen LogP contribution in [-0.2, 0) is 11.3 Å². The third kappa shape index (κ3) is 6.52. The van der Waals surface area contributed by atoms with Crippen molar-refractivity contribution in [1.82, 2.24) is 9.69 Å². The van der Waals surface area contributed by atoms with Crippen molar-refractivity contribution in [3.05, 3.63) is 105 Å². The first-order valence-electron chi connectivity index (χ1n) is 12.7. The van der Waals surface area contributed by atoms with Gasteiger partial charge in [-0.3, -0.25) is 19.3 Å². The van der Waals surface area contributed by atoms with Crippen LogP contribution < -0.4 is 26.6 Å². The lowest BCUT2D eigenvalue weighted by molar-refractivity contribution is -0.122. The Morgan fingerprint density at radius 3 is 2.10 bits per heavy atom. The topological polar surface area (TPSA) is 135 Å². The average molecular weight is 575 g/mol. The normalized spacial score (nSPS) is 11.5. The fourth-order valence-electron chi connectivity index (χ4n) is 4.47. The van der Waals surface area contributed by atoms with Gasteiger partial charge < -0.3 is 21.7 Å². The number of amides is 3. The molecule has 0 unspecified atom stereocenters. The van der Waals surface area contributed by atoms with E-state index in [-0.39, 0.29) is 28.6 Å². The summed E-state index contributed by atoms with van der Waals surface area (Å²) in [6.07, 6.45) is 0. The van der Waals surface area contributed by atoms with Gasteiger partial charge in [-0.05, 0) is 84.0 Å². The van der Waals surface area contributed by atoms with Crippen molar-refractivity contribution in [3.8, 4) is 0 Å². The van der Waals surface area contributed by atoms with Crippen LogP contribution in [0.3, 0.4) is 0 Å². The minimum Gasteiger partial charge on any atom is -0.395 e. The van der Waals surface area contributed by atoms with Crippen molar-refractivity contribution in [2.75, 3.05) is 29.6 Å². The molecule has 11 heteroatoms. The molecule has 5 N–H and O–H groups in total. The van der Waals surface area contributed by atoms with E-state index < -0.39 is 23.8 Å². The Morgan fingerprint density at radius 1 is 0.951 bits per heavy atom. The second-order valence-electron chi connectivity index (χ2n) is 9.89. The van der Waals surface area contributed by atoms with Crippen LogP contribution in [0.1, 0.15) is 48.5 Å². The van der Waals surface area contributed by atoms with Gasteiger partial charge in [0.15, 0.2) is 5.69 Å². The van der Waals surface area contributed by atoms with E-state index in [0.717, 1.165) is 28.3 Å². The van der Waals surface area contributed by atoms with Gasteiger partial charge in [0.25, 0.3) is 11.8 Å². The highest BCUT2D eigenvalue weighted by Crippen LogP contribution is 2.34. The third-order valence-electron chi connectivity index (χ3n) is 6.47. The molecule has 1 heterocycles. The van der Waals surface area contributed by atoms with Gasteiger partial charge in [-0.15, -0.1) is 0 Å². The number of aromatic nitrogens is 1. The van der Waals surface area contributed by atoms with Crippen LogP contribution in [0.5, 0.6) is 0 Å². The Bertz CT molecular complexity index is 1560. The molecule has 0 aliphatic carbocycles. The van der Waals surface area contributed by atoms with Crippen LogP contribution in [0.4, 0.5) is 21.5 Å². The molecule has 0 radical (unpaired) electrons. The molecule has 0 aliphatic rings. The predicted molar refractivity (Wildman–Crippen MR) is 160 cm³/mol. The van der Waals surface area contributed by atoms with Crippen molar-refractivity contribution in [2.24, 2.45) is 5.73 Å². The molecule has 4 rings (SSSR count). The minimum atomic E-state index is -1.14. The van der Waals surface area contributed by atoms with Crippen molar-refractivity contribution in [2.45, 2.75) is 26.4 Å². The first-order chi connectivity index (χ1) is 19.5. The largest absolute Gasteiger partial charge is 0.395 e. The molecule has 0 fully saturated rings. The molecule has 1 atom stereocenters. The summed E-state index contributed by atoms with van der Waals surface area (Å²) in [4.78, 5) is 43.4. The maximum absolute atomic E-state index is 14.3. The van der Waals surface area contributed by atoms with Gasteiger partial charge in [0, 0.05) is 32.0 Å². The van der Waals surface area contributed by atoms with Crippen molar-refractivity contribution >= 4 is 46.3 Å². The summed E-state index contributed by atoms with van der Waals surface area (Å²) < 4.78 is 17.4. The third-order valence-corrected chi connectivity index (χ3v) is 7.32. The van der Waals surface area contributed by atoms with E-state index in [2.05, 4.69) is 9.69 Å². The average Bonchev–Trinajstić information content (AvgIpc) is 3.31. The number of nitrogens with two attached hydrogens (primary N) is 2. The Labute approximate surface area is 241 Å². The van der Waals surface area contributed by atoms with Crippen molar-refractivity contribution in [1.29, 1.82) is 0 Å². The van der Waals surface area contributed by atoms with Gasteiger partial charge in [0.1, 0.15) is 16.7 Å². The van der Waals surface area contributed by atoms with Crippen molar-refractivity contribution < 1.29 is 18.8 Å². The van der Waals surface area contributed by atoms with Crippen LogP contribution in [0.15, 0.2) is 66.7 Å². The van der Waals surface area contributed by atoms with E-state index in [1.807, 2.05) is 51.0 Å². The summed E-state index contributed by atoms with van der Waals surface area (Å²) in [6, 6.07) is 17.5. The van der Waals surface area contributed by atoms with E-state index in [0.29, 0.717) is 16.8 Å². The number of carbonyl (C=O) groups is 3. The maximum Gasteiger partial charge on any atom is 0.273 e. The molecule has 0 saturated carbocycles. The Hall–Kier alpha value is -4.77. The highest BCUT2D eigenvalue weighted by Gasteiger charge is 2.36. The number of anilines is 3. The van der Waals surface area contributed by atoms with Crippen LogP contribution in [0.25, 0.3) is 0 Å². The maximum atomic E-state index is 14.3. The minimum absolute atomic E-state index is 0.0146. The van der Waals surface area contributed by atoms with E-state index in [1.54, 1.807) is 36.4 Å². The number of halogens is 1. The number of hydrogen-bond acceptors (Lipinski definition) is 7. The fraction of sp³-hybridized carbons (Fsp3) is 0.200. The summed E-state index contributed by atoms with van der Waals surface area (Å²) in [6.45, 7) is 3.89. The molecule has 9 nitrogen and oxygen atoms in total. The molecule has 41 heavy (non-hydrogen) atoms. The second-order valence-corrected chi connectivity index (χ2v) is 10.7. The molecule has 0 aliphatic heterocycles. The van der Waals surface area contributed by atoms with Gasteiger partial charge in [0.05, 0.1) is 5.69 Å². The van der Waals surface area contributed by atoms with Crippen molar-refractivity contribution in [3.63, 3.8) is 0 Å². The number of nitrogens with one attached hydrogen (secondary N) is 1. The highest BCUT2D eigenvalue weighted by atomic mass is 32.1. The Kier molecular flexibility index (Phi) is 8.68. The number of nitrogens with zero attached hydrogens (tertiary/aromatic N) is 3. The molecule has 0 bridgehead atoms. The molecule has 3 amide bonds. The molecule has 1 aromatic heterocycles. The number of aryl methyl sites for hydroxylation is 2. The van der Waals surface area contributed by atoms with Crippen LogP contribution in [0.2, 0.25) is 0 Å². The zero-order valence-electron chi connectivity index (χ0n) is 23.1.